The van der Waals surface area contributed by atoms with E-state index in [0.29, 0.717) is 30.3 Å². The van der Waals surface area contributed by atoms with Gasteiger partial charge in [0, 0.05) is 11.6 Å². The highest BCUT2D eigenvalue weighted by Gasteiger charge is 2.26. The van der Waals surface area contributed by atoms with Gasteiger partial charge in [0.15, 0.2) is 17.2 Å². The molecular weight excluding hydrogens is 520 g/mol. The van der Waals surface area contributed by atoms with Gasteiger partial charge < -0.3 is 14.2 Å². The Morgan fingerprint density at radius 3 is 2.13 bits per heavy atom. The van der Waals surface area contributed by atoms with E-state index in [1.54, 1.807) is 24.3 Å². The smallest absolute Gasteiger partial charge is 0.363 e. The third-order valence-corrected chi connectivity index (χ3v) is 6.08. The largest absolute Gasteiger partial charge is 0.485 e. The minimum Gasteiger partial charge on any atom is -0.485 e. The van der Waals surface area contributed by atoms with Gasteiger partial charge in [-0.15, -0.1) is 0 Å². The van der Waals surface area contributed by atoms with Crippen molar-refractivity contribution < 1.29 is 23.9 Å². The predicted molar refractivity (Wildman–Crippen MR) is 147 cm³/mol. The molecule has 194 valence electrons. The van der Waals surface area contributed by atoms with Crippen molar-refractivity contribution in [2.45, 2.75) is 13.2 Å². The van der Waals surface area contributed by atoms with Crippen molar-refractivity contribution in [1.82, 2.24) is 0 Å². The Balaban J connectivity index is 1.42. The zero-order chi connectivity index (χ0) is 27.2. The molecule has 1 aliphatic rings. The normalized spacial score (nSPS) is 13.6. The van der Waals surface area contributed by atoms with Crippen molar-refractivity contribution in [3.05, 3.63) is 140 Å². The number of carbonyl (C=O) groups excluding carboxylic acids is 1. The number of aliphatic imine (C=N–C) groups is 1. The molecule has 0 amide bonds. The second-order valence-electron chi connectivity index (χ2n) is 8.51. The van der Waals surface area contributed by atoms with E-state index in [2.05, 4.69) is 4.99 Å². The lowest BCUT2D eigenvalue weighted by Crippen LogP contribution is -2.06. The molecule has 9 heteroatoms. The van der Waals surface area contributed by atoms with E-state index in [1.807, 2.05) is 60.7 Å². The van der Waals surface area contributed by atoms with Crippen LogP contribution in [0.4, 0.5) is 5.69 Å². The molecule has 0 spiro atoms. The third kappa shape index (κ3) is 6.31. The van der Waals surface area contributed by atoms with Crippen molar-refractivity contribution in [3.8, 4) is 11.5 Å². The Kier molecular flexibility index (Phi) is 7.65. The molecule has 0 aliphatic carbocycles. The predicted octanol–water partition coefficient (Wildman–Crippen LogP) is 6.75. The van der Waals surface area contributed by atoms with E-state index in [0.717, 1.165) is 11.1 Å². The van der Waals surface area contributed by atoms with Crippen LogP contribution in [0.15, 0.2) is 108 Å². The molecule has 5 rings (SSSR count). The summed E-state index contributed by atoms with van der Waals surface area (Å²) in [6.45, 7) is 0.679. The standard InChI is InChI=1S/C30H21ClN2O6/c31-24-13-12-23(17-26(24)33(35)36)29-32-25(30(34)39-29)15-22-11-14-27(37-18-20-7-3-1-4-8-20)28(16-22)38-19-21-9-5-2-6-10-21/h1-17H,18-19H2/b25-15-. The topological polar surface area (TPSA) is 100 Å². The van der Waals surface area contributed by atoms with Crippen LogP contribution in [-0.4, -0.2) is 16.8 Å². The number of ether oxygens (including phenoxy) is 3. The highest BCUT2D eigenvalue weighted by Crippen LogP contribution is 2.32. The summed E-state index contributed by atoms with van der Waals surface area (Å²) in [4.78, 5) is 27.4. The molecule has 0 radical (unpaired) electrons. The first-order valence-corrected chi connectivity index (χ1v) is 12.3. The van der Waals surface area contributed by atoms with Crippen molar-refractivity contribution in [2.75, 3.05) is 0 Å². The number of nitro groups is 1. The first-order chi connectivity index (χ1) is 19.0. The van der Waals surface area contributed by atoms with Gasteiger partial charge in [-0.3, -0.25) is 10.1 Å². The maximum atomic E-state index is 12.5. The van der Waals surface area contributed by atoms with Gasteiger partial charge >= 0.3 is 5.97 Å². The Bertz CT molecular complexity index is 1590. The van der Waals surface area contributed by atoms with Gasteiger partial charge in [-0.2, -0.15) is 0 Å². The van der Waals surface area contributed by atoms with E-state index in [1.165, 1.54) is 18.2 Å². The molecule has 0 N–H and O–H groups in total. The summed E-state index contributed by atoms with van der Waals surface area (Å²) in [5.41, 5.74) is 2.62. The maximum absolute atomic E-state index is 12.5. The number of carbonyl (C=O) groups is 1. The van der Waals surface area contributed by atoms with Gasteiger partial charge in [-0.05, 0) is 47.0 Å². The Hall–Kier alpha value is -4.95. The van der Waals surface area contributed by atoms with Crippen LogP contribution >= 0.6 is 11.6 Å². The summed E-state index contributed by atoms with van der Waals surface area (Å²) in [5, 5.41) is 11.2. The number of rotatable bonds is 9. The molecule has 0 saturated carbocycles. The lowest BCUT2D eigenvalue weighted by atomic mass is 10.1. The van der Waals surface area contributed by atoms with E-state index < -0.39 is 10.9 Å². The number of nitro benzene ring substituents is 1. The van der Waals surface area contributed by atoms with Crippen LogP contribution in [0.25, 0.3) is 6.08 Å². The number of cyclic esters (lactones) is 1. The Morgan fingerprint density at radius 1 is 0.846 bits per heavy atom. The molecule has 4 aromatic carbocycles. The number of benzene rings is 4. The summed E-state index contributed by atoms with van der Waals surface area (Å²) in [6, 6.07) is 28.9. The summed E-state index contributed by atoms with van der Waals surface area (Å²) in [6.07, 6.45) is 1.55. The van der Waals surface area contributed by atoms with Crippen molar-refractivity contribution in [3.63, 3.8) is 0 Å². The molecule has 0 fully saturated rings. The molecule has 0 aromatic heterocycles. The van der Waals surface area contributed by atoms with Crippen LogP contribution < -0.4 is 9.47 Å². The fourth-order valence-electron chi connectivity index (χ4n) is 3.79. The van der Waals surface area contributed by atoms with Crippen LogP contribution in [-0.2, 0) is 22.7 Å². The highest BCUT2D eigenvalue weighted by molar-refractivity contribution is 6.32. The molecule has 1 aliphatic heterocycles. The lowest BCUT2D eigenvalue weighted by molar-refractivity contribution is -0.384. The highest BCUT2D eigenvalue weighted by atomic mass is 35.5. The van der Waals surface area contributed by atoms with Crippen LogP contribution in [0.3, 0.4) is 0 Å². The average molecular weight is 541 g/mol. The fourth-order valence-corrected chi connectivity index (χ4v) is 3.98. The molecule has 0 bridgehead atoms. The average Bonchev–Trinajstić information content (AvgIpc) is 3.32. The molecule has 39 heavy (non-hydrogen) atoms. The quantitative estimate of drug-likeness (QED) is 0.101. The summed E-state index contributed by atoms with van der Waals surface area (Å²) in [7, 11) is 0. The second kappa shape index (κ2) is 11.6. The van der Waals surface area contributed by atoms with Crippen LogP contribution in [0, 0.1) is 10.1 Å². The summed E-state index contributed by atoms with van der Waals surface area (Å²) in [5.74, 6) is 0.310. The minimum absolute atomic E-state index is 0.0259. The SMILES string of the molecule is O=C1OC(c2ccc(Cl)c([N+](=O)[O-])c2)=N/C1=C\c1ccc(OCc2ccccc2)c(OCc2ccccc2)c1. The van der Waals surface area contributed by atoms with Crippen LogP contribution in [0.1, 0.15) is 22.3 Å². The summed E-state index contributed by atoms with van der Waals surface area (Å²) < 4.78 is 17.4. The van der Waals surface area contributed by atoms with Crippen molar-refractivity contribution in [2.24, 2.45) is 4.99 Å². The minimum atomic E-state index is -0.682. The Morgan fingerprint density at radius 2 is 1.49 bits per heavy atom. The molecule has 1 heterocycles. The van der Waals surface area contributed by atoms with E-state index in [-0.39, 0.29) is 27.9 Å². The molecule has 4 aromatic rings. The zero-order valence-corrected chi connectivity index (χ0v) is 21.2. The monoisotopic (exact) mass is 540 g/mol. The Labute approximate surface area is 228 Å². The number of hydrogen-bond donors (Lipinski definition) is 0. The first-order valence-electron chi connectivity index (χ1n) is 11.9. The molecule has 0 saturated heterocycles. The molecule has 0 atom stereocenters. The van der Waals surface area contributed by atoms with Crippen molar-refractivity contribution in [1.29, 1.82) is 0 Å². The number of hydrogen-bond acceptors (Lipinski definition) is 7. The number of esters is 1. The zero-order valence-electron chi connectivity index (χ0n) is 20.5. The molecule has 8 nitrogen and oxygen atoms in total. The maximum Gasteiger partial charge on any atom is 0.363 e. The van der Waals surface area contributed by atoms with Gasteiger partial charge in [-0.1, -0.05) is 78.3 Å². The van der Waals surface area contributed by atoms with Gasteiger partial charge in [0.1, 0.15) is 18.2 Å². The third-order valence-electron chi connectivity index (χ3n) is 5.76. The van der Waals surface area contributed by atoms with Gasteiger partial charge in [-0.25, -0.2) is 9.79 Å². The van der Waals surface area contributed by atoms with E-state index in [4.69, 9.17) is 25.8 Å². The first kappa shape index (κ1) is 25.7. The van der Waals surface area contributed by atoms with E-state index in [9.17, 15) is 14.9 Å². The van der Waals surface area contributed by atoms with Crippen LogP contribution in [0.2, 0.25) is 5.02 Å². The van der Waals surface area contributed by atoms with E-state index >= 15 is 0 Å². The lowest BCUT2D eigenvalue weighted by Gasteiger charge is -2.14. The fraction of sp³-hybridized carbons (Fsp3) is 0.0667. The molecular formula is C30H21ClN2O6. The molecule has 0 unspecified atom stereocenters. The number of halogens is 1. The van der Waals surface area contributed by atoms with Crippen molar-refractivity contribution >= 4 is 35.2 Å². The number of nitrogens with zero attached hydrogens (tertiary/aromatic N) is 2. The summed E-state index contributed by atoms with van der Waals surface area (Å²) >= 11 is 5.89. The second-order valence-corrected chi connectivity index (χ2v) is 8.92. The van der Waals surface area contributed by atoms with Gasteiger partial charge in [0.05, 0.1) is 4.92 Å². The van der Waals surface area contributed by atoms with Gasteiger partial charge in [0.25, 0.3) is 5.69 Å². The van der Waals surface area contributed by atoms with Crippen LogP contribution in [0.5, 0.6) is 11.5 Å². The van der Waals surface area contributed by atoms with Gasteiger partial charge in [0.2, 0.25) is 5.90 Å².